The van der Waals surface area contributed by atoms with Crippen molar-refractivity contribution < 1.29 is 28.7 Å². The van der Waals surface area contributed by atoms with Crippen molar-refractivity contribution in [2.45, 2.75) is 52.9 Å². The number of nitrogens with zero attached hydrogens (tertiary/aromatic N) is 1. The van der Waals surface area contributed by atoms with Gasteiger partial charge in [0.05, 0.1) is 12.0 Å². The van der Waals surface area contributed by atoms with Gasteiger partial charge in [-0.1, -0.05) is 30.3 Å². The summed E-state index contributed by atoms with van der Waals surface area (Å²) in [6.07, 6.45) is 0. The molecule has 0 radical (unpaired) electrons. The molecule has 152 valence electrons. The number of carbonyl (C=O) groups excluding carboxylic acids is 4. The average molecular weight is 389 g/mol. The summed E-state index contributed by atoms with van der Waals surface area (Å²) in [6, 6.07) is 8.48. The van der Waals surface area contributed by atoms with Crippen LogP contribution in [0.3, 0.4) is 0 Å². The number of amides is 1. The smallest absolute Gasteiger partial charge is 0.326 e. The van der Waals surface area contributed by atoms with E-state index in [0.29, 0.717) is 0 Å². The monoisotopic (exact) mass is 389 g/mol. The molecule has 7 heteroatoms. The van der Waals surface area contributed by atoms with Gasteiger partial charge >= 0.3 is 11.9 Å². The normalized spacial score (nSPS) is 20.2. The highest BCUT2D eigenvalue weighted by Gasteiger charge is 2.54. The zero-order valence-corrected chi connectivity index (χ0v) is 16.9. The van der Waals surface area contributed by atoms with Crippen molar-refractivity contribution in [1.29, 1.82) is 0 Å². The molecule has 0 bridgehead atoms. The van der Waals surface area contributed by atoms with Crippen molar-refractivity contribution in [3.8, 4) is 0 Å². The van der Waals surface area contributed by atoms with Gasteiger partial charge < -0.3 is 14.4 Å². The molecule has 1 amide bonds. The van der Waals surface area contributed by atoms with Crippen LogP contribution in [0.4, 0.5) is 0 Å². The van der Waals surface area contributed by atoms with Crippen molar-refractivity contribution in [3.63, 3.8) is 0 Å². The van der Waals surface area contributed by atoms with Crippen LogP contribution in [0.5, 0.6) is 0 Å². The number of ketones is 1. The van der Waals surface area contributed by atoms with Gasteiger partial charge in [-0.25, -0.2) is 0 Å². The molecule has 28 heavy (non-hydrogen) atoms. The predicted molar refractivity (Wildman–Crippen MR) is 101 cm³/mol. The van der Waals surface area contributed by atoms with Crippen LogP contribution >= 0.6 is 0 Å². The fourth-order valence-electron chi connectivity index (χ4n) is 3.24. The maximum absolute atomic E-state index is 12.5. The van der Waals surface area contributed by atoms with E-state index in [1.807, 2.05) is 30.3 Å². The molecule has 3 atom stereocenters. The molecule has 1 fully saturated rings. The predicted octanol–water partition coefficient (Wildman–Crippen LogP) is 2.12. The molecule has 1 heterocycles. The topological polar surface area (TPSA) is 90.0 Å². The molecule has 1 aromatic carbocycles. The van der Waals surface area contributed by atoms with Crippen LogP contribution in [0, 0.1) is 11.8 Å². The minimum Gasteiger partial charge on any atom is -0.461 e. The largest absolute Gasteiger partial charge is 0.461 e. The highest BCUT2D eigenvalue weighted by molar-refractivity contribution is 6.07. The van der Waals surface area contributed by atoms with Crippen LogP contribution < -0.4 is 0 Å². The molecule has 1 aromatic rings. The molecule has 1 aliphatic rings. The summed E-state index contributed by atoms with van der Waals surface area (Å²) in [5, 5.41) is 0. The second-order valence-electron chi connectivity index (χ2n) is 8.01. The molecule has 1 saturated heterocycles. The second kappa shape index (κ2) is 8.54. The number of hydrogen-bond donors (Lipinski definition) is 0. The van der Waals surface area contributed by atoms with Gasteiger partial charge in [-0.2, -0.15) is 0 Å². The van der Waals surface area contributed by atoms with Gasteiger partial charge in [0.15, 0.2) is 0 Å². The Balaban J connectivity index is 2.06. The van der Waals surface area contributed by atoms with Gasteiger partial charge in [-0.05, 0) is 40.2 Å². The molecular formula is C21H27NO6. The van der Waals surface area contributed by atoms with Crippen LogP contribution in [0.2, 0.25) is 0 Å². The molecule has 0 aliphatic carbocycles. The first-order chi connectivity index (χ1) is 13.0. The number of esters is 2. The van der Waals surface area contributed by atoms with Crippen LogP contribution in [0.1, 0.15) is 40.2 Å². The maximum Gasteiger partial charge on any atom is 0.326 e. The van der Waals surface area contributed by atoms with E-state index in [1.54, 1.807) is 27.7 Å². The van der Waals surface area contributed by atoms with E-state index in [-0.39, 0.29) is 18.9 Å². The first kappa shape index (κ1) is 21.6. The van der Waals surface area contributed by atoms with E-state index in [4.69, 9.17) is 9.47 Å². The number of ether oxygens (including phenoxy) is 2. The van der Waals surface area contributed by atoms with E-state index in [2.05, 4.69) is 0 Å². The van der Waals surface area contributed by atoms with E-state index < -0.39 is 41.3 Å². The molecular weight excluding hydrogens is 362 g/mol. The summed E-state index contributed by atoms with van der Waals surface area (Å²) in [6.45, 7) is 7.87. The number of benzene rings is 1. The molecule has 7 nitrogen and oxygen atoms in total. The number of Topliss-reactive ketones (excluding diaryl/α,β-unsaturated/α-hetero) is 1. The van der Waals surface area contributed by atoms with Crippen LogP contribution in [0.25, 0.3) is 0 Å². The third-order valence-electron chi connectivity index (χ3n) is 4.52. The van der Waals surface area contributed by atoms with Crippen LogP contribution in [0.15, 0.2) is 30.3 Å². The Morgan fingerprint density at radius 1 is 1.14 bits per heavy atom. The summed E-state index contributed by atoms with van der Waals surface area (Å²) in [5.74, 6) is -3.61. The Morgan fingerprint density at radius 3 is 2.29 bits per heavy atom. The Bertz CT molecular complexity index is 752. The lowest BCUT2D eigenvalue weighted by Crippen LogP contribution is -2.67. The fourth-order valence-corrected chi connectivity index (χ4v) is 3.24. The lowest BCUT2D eigenvalue weighted by Gasteiger charge is -2.47. The third-order valence-corrected chi connectivity index (χ3v) is 4.52. The van der Waals surface area contributed by atoms with Crippen molar-refractivity contribution in [1.82, 2.24) is 4.90 Å². The fraction of sp³-hybridized carbons (Fsp3) is 0.524. The third kappa shape index (κ3) is 5.18. The van der Waals surface area contributed by atoms with E-state index >= 15 is 0 Å². The first-order valence-corrected chi connectivity index (χ1v) is 9.24. The number of likely N-dealkylation sites (tertiary alicyclic amines) is 1. The molecule has 0 aromatic heterocycles. The first-order valence-electron chi connectivity index (χ1n) is 9.24. The van der Waals surface area contributed by atoms with Gasteiger partial charge in [0.2, 0.25) is 5.91 Å². The van der Waals surface area contributed by atoms with Gasteiger partial charge in [0, 0.05) is 0 Å². The van der Waals surface area contributed by atoms with E-state index in [9.17, 15) is 19.2 Å². The summed E-state index contributed by atoms with van der Waals surface area (Å²) in [5.41, 5.74) is 0.141. The average Bonchev–Trinajstić information content (AvgIpc) is 2.60. The second-order valence-corrected chi connectivity index (χ2v) is 8.01. The summed E-state index contributed by atoms with van der Waals surface area (Å²) >= 11 is 0. The number of carbonyl (C=O) groups is 4. The minimum atomic E-state index is -0.943. The molecule has 0 unspecified atom stereocenters. The molecule has 0 spiro atoms. The zero-order valence-electron chi connectivity index (χ0n) is 16.9. The Morgan fingerprint density at radius 2 is 1.75 bits per heavy atom. The quantitative estimate of drug-likeness (QED) is 0.403. The van der Waals surface area contributed by atoms with Crippen LogP contribution in [-0.2, 0) is 35.3 Å². The van der Waals surface area contributed by atoms with E-state index in [1.165, 1.54) is 11.8 Å². The number of rotatable bonds is 7. The Hall–Kier alpha value is -2.70. The van der Waals surface area contributed by atoms with Gasteiger partial charge in [0.25, 0.3) is 0 Å². The van der Waals surface area contributed by atoms with Crippen molar-refractivity contribution >= 4 is 23.6 Å². The van der Waals surface area contributed by atoms with Gasteiger partial charge in [0.1, 0.15) is 30.5 Å². The Labute approximate surface area is 165 Å². The summed E-state index contributed by atoms with van der Waals surface area (Å²) < 4.78 is 10.6. The molecule has 0 N–H and O–H groups in total. The standard InChI is InChI=1S/C21H27NO6/c1-13(20(26)27-12-15-9-7-6-8-10-15)18-17(14(2)23)19(25)22(18)11-16(24)28-21(3,4)5/h6-10,13,17-18H,11-12H2,1-5H3/t13-,17-,18-/m1/s1. The lowest BCUT2D eigenvalue weighted by molar-refractivity contribution is -0.178. The van der Waals surface area contributed by atoms with Crippen LogP contribution in [-0.4, -0.2) is 46.7 Å². The van der Waals surface area contributed by atoms with Crippen molar-refractivity contribution in [2.75, 3.05) is 6.54 Å². The highest BCUT2D eigenvalue weighted by Crippen LogP contribution is 2.34. The molecule has 2 rings (SSSR count). The summed E-state index contributed by atoms with van der Waals surface area (Å²) in [7, 11) is 0. The van der Waals surface area contributed by atoms with Gasteiger partial charge in [-0.3, -0.25) is 19.2 Å². The zero-order chi connectivity index (χ0) is 21.1. The van der Waals surface area contributed by atoms with E-state index in [0.717, 1.165) is 5.56 Å². The highest BCUT2D eigenvalue weighted by atomic mass is 16.6. The van der Waals surface area contributed by atoms with Gasteiger partial charge in [-0.15, -0.1) is 0 Å². The maximum atomic E-state index is 12.5. The van der Waals surface area contributed by atoms with Crippen molar-refractivity contribution in [2.24, 2.45) is 11.8 Å². The number of β-lactam (4-membered cyclic amide) rings is 1. The molecule has 0 saturated carbocycles. The summed E-state index contributed by atoms with van der Waals surface area (Å²) in [4.78, 5) is 50.1. The Kier molecular flexibility index (Phi) is 6.59. The minimum absolute atomic E-state index is 0.0987. The SMILES string of the molecule is CC(=O)[C@H]1C(=O)N(CC(=O)OC(C)(C)C)[C@@H]1[C@@H](C)C(=O)OCc1ccccc1. The molecule has 1 aliphatic heterocycles. The van der Waals surface area contributed by atoms with Crippen molar-refractivity contribution in [3.05, 3.63) is 35.9 Å². The lowest BCUT2D eigenvalue weighted by atomic mass is 9.77. The number of hydrogen-bond acceptors (Lipinski definition) is 6.